The van der Waals surface area contributed by atoms with Gasteiger partial charge in [0.25, 0.3) is 0 Å². The maximum absolute atomic E-state index is 14.4. The Morgan fingerprint density at radius 1 is 1.13 bits per heavy atom. The van der Waals surface area contributed by atoms with Crippen molar-refractivity contribution in [2.24, 2.45) is 0 Å². The molecule has 23 heavy (non-hydrogen) atoms. The van der Waals surface area contributed by atoms with Crippen LogP contribution in [0.2, 0.25) is 0 Å². The predicted molar refractivity (Wildman–Crippen MR) is 85.6 cm³/mol. The number of aliphatic carboxylic acids is 1. The van der Waals surface area contributed by atoms with Crippen LogP contribution in [0.1, 0.15) is 37.8 Å². The first-order valence-electron chi connectivity index (χ1n) is 7.61. The maximum atomic E-state index is 14.4. The van der Waals surface area contributed by atoms with Gasteiger partial charge in [0.1, 0.15) is 5.82 Å². The van der Waals surface area contributed by atoms with E-state index in [4.69, 9.17) is 0 Å². The zero-order chi connectivity index (χ0) is 16.8. The summed E-state index contributed by atoms with van der Waals surface area (Å²) in [5.41, 5.74) is 0.560. The van der Waals surface area contributed by atoms with Crippen molar-refractivity contribution in [1.29, 1.82) is 0 Å². The summed E-state index contributed by atoms with van der Waals surface area (Å²) in [6.07, 6.45) is 1.11. The van der Waals surface area contributed by atoms with Crippen molar-refractivity contribution in [3.63, 3.8) is 0 Å². The highest BCUT2D eigenvalue weighted by Crippen LogP contribution is 2.49. The molecule has 1 fully saturated rings. The molecule has 4 heteroatoms. The molecule has 2 N–H and O–H groups in total. The summed E-state index contributed by atoms with van der Waals surface area (Å²) in [5, 5.41) is 19.3. The van der Waals surface area contributed by atoms with E-state index < -0.39 is 22.8 Å². The summed E-state index contributed by atoms with van der Waals surface area (Å²) in [7, 11) is 0. The van der Waals surface area contributed by atoms with Gasteiger partial charge in [-0.15, -0.1) is 0 Å². The molecule has 0 atom stereocenters. The molecule has 1 saturated carbocycles. The topological polar surface area (TPSA) is 57.5 Å². The Balaban J connectivity index is 1.94. The summed E-state index contributed by atoms with van der Waals surface area (Å²) >= 11 is 0. The van der Waals surface area contributed by atoms with Crippen molar-refractivity contribution < 1.29 is 19.4 Å². The number of carbonyl (C=O) groups is 1. The van der Waals surface area contributed by atoms with E-state index in [1.807, 2.05) is 0 Å². The number of benzene rings is 2. The number of hydrogen-bond acceptors (Lipinski definition) is 2. The second-order valence-corrected chi connectivity index (χ2v) is 6.72. The molecule has 2 aromatic carbocycles. The van der Waals surface area contributed by atoms with Gasteiger partial charge in [-0.1, -0.05) is 36.4 Å². The third-order valence-electron chi connectivity index (χ3n) is 4.58. The van der Waals surface area contributed by atoms with Crippen LogP contribution in [0.4, 0.5) is 4.39 Å². The molecule has 3 nitrogen and oxygen atoms in total. The number of hydrogen-bond donors (Lipinski definition) is 2. The fourth-order valence-electron chi connectivity index (χ4n) is 2.86. The minimum atomic E-state index is -0.944. The van der Waals surface area contributed by atoms with Gasteiger partial charge in [-0.2, -0.15) is 0 Å². The molecule has 2 aromatic rings. The van der Waals surface area contributed by atoms with Crippen molar-refractivity contribution in [3.05, 3.63) is 59.4 Å². The molecule has 120 valence electrons. The number of aliphatic hydroxyl groups is 1. The number of rotatable bonds is 4. The predicted octanol–water partition coefficient (Wildman–Crippen LogP) is 3.84. The Labute approximate surface area is 134 Å². The minimum Gasteiger partial charge on any atom is -0.481 e. The normalized spacial score (nSPS) is 16.2. The van der Waals surface area contributed by atoms with Gasteiger partial charge < -0.3 is 10.2 Å². The molecule has 3 rings (SSSR count). The Bertz CT molecular complexity index is 753. The first-order chi connectivity index (χ1) is 10.7. The van der Waals surface area contributed by atoms with Gasteiger partial charge in [-0.05, 0) is 49.4 Å². The SMILES string of the molecule is CC(C)(O)c1ccc(-c2ccc(C3(C(=O)O)CC3)cc2F)cc1. The third kappa shape index (κ3) is 2.75. The zero-order valence-corrected chi connectivity index (χ0v) is 13.1. The van der Waals surface area contributed by atoms with Crippen molar-refractivity contribution in [1.82, 2.24) is 0 Å². The molecule has 0 saturated heterocycles. The van der Waals surface area contributed by atoms with Crippen molar-refractivity contribution in [2.75, 3.05) is 0 Å². The van der Waals surface area contributed by atoms with Crippen molar-refractivity contribution in [2.45, 2.75) is 37.7 Å². The monoisotopic (exact) mass is 314 g/mol. The summed E-state index contributed by atoms with van der Waals surface area (Å²) in [6, 6.07) is 11.7. The molecule has 0 aromatic heterocycles. The van der Waals surface area contributed by atoms with E-state index in [-0.39, 0.29) is 0 Å². The van der Waals surface area contributed by atoms with Crippen molar-refractivity contribution in [3.8, 4) is 11.1 Å². The molecule has 0 spiro atoms. The second kappa shape index (κ2) is 5.17. The van der Waals surface area contributed by atoms with Gasteiger partial charge in [0.2, 0.25) is 0 Å². The van der Waals surface area contributed by atoms with Gasteiger partial charge in [0.15, 0.2) is 0 Å². The van der Waals surface area contributed by atoms with Crippen LogP contribution in [0.25, 0.3) is 11.1 Å². The minimum absolute atomic E-state index is 0.425. The lowest BCUT2D eigenvalue weighted by atomic mass is 9.92. The highest BCUT2D eigenvalue weighted by atomic mass is 19.1. The van der Waals surface area contributed by atoms with E-state index >= 15 is 0 Å². The molecule has 0 heterocycles. The highest BCUT2D eigenvalue weighted by Gasteiger charge is 2.51. The van der Waals surface area contributed by atoms with Crippen LogP contribution in [-0.4, -0.2) is 16.2 Å². The van der Waals surface area contributed by atoms with Crippen LogP contribution in [0.5, 0.6) is 0 Å². The molecular formula is C19H19FO3. The summed E-state index contributed by atoms with van der Waals surface area (Å²) in [6.45, 7) is 3.39. The van der Waals surface area contributed by atoms with Crippen LogP contribution in [-0.2, 0) is 15.8 Å². The average Bonchev–Trinajstić information content (AvgIpc) is 3.28. The van der Waals surface area contributed by atoms with E-state index in [2.05, 4.69) is 0 Å². The molecule has 1 aliphatic rings. The molecule has 0 bridgehead atoms. The molecule has 1 aliphatic carbocycles. The van der Waals surface area contributed by atoms with E-state index in [1.54, 1.807) is 50.2 Å². The average molecular weight is 314 g/mol. The zero-order valence-electron chi connectivity index (χ0n) is 13.1. The summed E-state index contributed by atoms with van der Waals surface area (Å²) < 4.78 is 14.4. The Kier molecular flexibility index (Phi) is 3.52. The van der Waals surface area contributed by atoms with E-state index in [0.29, 0.717) is 29.5 Å². The first kappa shape index (κ1) is 15.7. The van der Waals surface area contributed by atoms with Crippen LogP contribution < -0.4 is 0 Å². The molecule has 0 amide bonds. The Morgan fingerprint density at radius 2 is 1.74 bits per heavy atom. The Hall–Kier alpha value is -2.20. The Morgan fingerprint density at radius 3 is 2.17 bits per heavy atom. The maximum Gasteiger partial charge on any atom is 0.314 e. The van der Waals surface area contributed by atoms with Crippen molar-refractivity contribution >= 4 is 5.97 Å². The van der Waals surface area contributed by atoms with Crippen LogP contribution >= 0.6 is 0 Å². The largest absolute Gasteiger partial charge is 0.481 e. The van der Waals surface area contributed by atoms with Gasteiger partial charge >= 0.3 is 5.97 Å². The lowest BCUT2D eigenvalue weighted by molar-refractivity contribution is -0.140. The lowest BCUT2D eigenvalue weighted by Gasteiger charge is -2.18. The van der Waals surface area contributed by atoms with Gasteiger partial charge in [0.05, 0.1) is 11.0 Å². The van der Waals surface area contributed by atoms with E-state index in [9.17, 15) is 19.4 Å². The van der Waals surface area contributed by atoms with Gasteiger partial charge in [-0.3, -0.25) is 4.79 Å². The lowest BCUT2D eigenvalue weighted by Crippen LogP contribution is -2.19. The van der Waals surface area contributed by atoms with Gasteiger partial charge in [0, 0.05) is 5.56 Å². The first-order valence-corrected chi connectivity index (χ1v) is 7.61. The molecule has 0 aliphatic heterocycles. The molecular weight excluding hydrogens is 295 g/mol. The number of carboxylic acid groups (broad SMARTS) is 1. The molecule has 0 radical (unpaired) electrons. The van der Waals surface area contributed by atoms with E-state index in [0.717, 1.165) is 5.56 Å². The third-order valence-corrected chi connectivity index (χ3v) is 4.58. The quantitative estimate of drug-likeness (QED) is 0.901. The van der Waals surface area contributed by atoms with Gasteiger partial charge in [-0.25, -0.2) is 4.39 Å². The number of carboxylic acids is 1. The standard InChI is InChI=1S/C19H19FO3/c1-18(2,23)13-5-3-12(4-6-13)15-8-7-14(11-16(15)20)19(9-10-19)17(21)22/h3-8,11,23H,9-10H2,1-2H3,(H,21,22). The highest BCUT2D eigenvalue weighted by molar-refractivity contribution is 5.85. The second-order valence-electron chi connectivity index (χ2n) is 6.72. The van der Waals surface area contributed by atoms with Crippen LogP contribution in [0.15, 0.2) is 42.5 Å². The fraction of sp³-hybridized carbons (Fsp3) is 0.316. The fourth-order valence-corrected chi connectivity index (χ4v) is 2.86. The summed E-state index contributed by atoms with van der Waals surface area (Å²) in [5.74, 6) is -1.31. The molecule has 0 unspecified atom stereocenters. The van der Waals surface area contributed by atoms with Crippen LogP contribution in [0.3, 0.4) is 0 Å². The van der Waals surface area contributed by atoms with Crippen LogP contribution in [0, 0.1) is 5.82 Å². The summed E-state index contributed by atoms with van der Waals surface area (Å²) in [4.78, 5) is 11.3. The smallest absolute Gasteiger partial charge is 0.314 e. The number of halogens is 1. The van der Waals surface area contributed by atoms with E-state index in [1.165, 1.54) is 6.07 Å².